The fraction of sp³-hybridized carbons (Fsp3) is 0.636. The Hall–Kier alpha value is -1.15. The zero-order chi connectivity index (χ0) is 14.4. The molecule has 19 heavy (non-hydrogen) atoms. The quantitative estimate of drug-likeness (QED) is 0.695. The van der Waals surface area contributed by atoms with E-state index in [-0.39, 0.29) is 11.7 Å². The monoisotopic (exact) mass is 304 g/mol. The van der Waals surface area contributed by atoms with E-state index >= 15 is 0 Å². The van der Waals surface area contributed by atoms with Gasteiger partial charge in [-0.3, -0.25) is 9.00 Å². The van der Waals surface area contributed by atoms with Gasteiger partial charge in [-0.15, -0.1) is 0 Å². The van der Waals surface area contributed by atoms with Crippen LogP contribution in [0.3, 0.4) is 0 Å². The van der Waals surface area contributed by atoms with Crippen LogP contribution < -0.4 is 16.4 Å². The summed E-state index contributed by atoms with van der Waals surface area (Å²) >= 11 is 1.23. The number of nitrogens with two attached hydrogens (primary N) is 1. The third-order valence-electron chi connectivity index (χ3n) is 2.20. The Morgan fingerprint density at radius 2 is 2.21 bits per heavy atom. The Kier molecular flexibility index (Phi) is 6.23. The highest BCUT2D eigenvalue weighted by molar-refractivity contribution is 7.84. The second-order valence-corrected chi connectivity index (χ2v) is 7.10. The van der Waals surface area contributed by atoms with Crippen molar-refractivity contribution in [3.8, 4) is 0 Å². The summed E-state index contributed by atoms with van der Waals surface area (Å²) in [4.78, 5) is 16.4. The lowest BCUT2D eigenvalue weighted by atomic mass is 10.2. The number of rotatable bonds is 7. The van der Waals surface area contributed by atoms with Crippen LogP contribution in [0.4, 0.5) is 10.9 Å². The van der Waals surface area contributed by atoms with E-state index in [1.165, 1.54) is 11.3 Å². The van der Waals surface area contributed by atoms with Gasteiger partial charge in [0.2, 0.25) is 0 Å². The molecule has 1 atom stereocenters. The maximum atomic E-state index is 11.9. The van der Waals surface area contributed by atoms with E-state index in [4.69, 9.17) is 5.73 Å². The lowest BCUT2D eigenvalue weighted by Gasteiger charge is -2.04. The Balaban J connectivity index is 2.57. The van der Waals surface area contributed by atoms with Gasteiger partial charge in [0.1, 0.15) is 10.7 Å². The zero-order valence-electron chi connectivity index (χ0n) is 11.4. The standard InChI is InChI=1S/C11H20N4O2S2/c1-7(2)6-14-11-15-9(12)8(18-11)10(16)13-4-5-19(3)17/h7H,4-6,12H2,1-3H3,(H,13,16)(H,14,15). The number of aromatic nitrogens is 1. The minimum Gasteiger partial charge on any atom is -0.382 e. The van der Waals surface area contributed by atoms with E-state index in [1.807, 2.05) is 0 Å². The third kappa shape index (κ3) is 5.56. The molecule has 0 aromatic carbocycles. The second kappa shape index (κ2) is 7.44. The zero-order valence-corrected chi connectivity index (χ0v) is 13.0. The number of anilines is 2. The highest BCUT2D eigenvalue weighted by atomic mass is 32.2. The summed E-state index contributed by atoms with van der Waals surface area (Å²) in [6.07, 6.45) is 1.60. The Morgan fingerprint density at radius 3 is 2.79 bits per heavy atom. The first-order valence-electron chi connectivity index (χ1n) is 5.98. The van der Waals surface area contributed by atoms with Crippen LogP contribution in [-0.4, -0.2) is 40.2 Å². The van der Waals surface area contributed by atoms with Gasteiger partial charge in [0.05, 0.1) is 0 Å². The lowest BCUT2D eigenvalue weighted by Crippen LogP contribution is -2.27. The van der Waals surface area contributed by atoms with Crippen molar-refractivity contribution < 1.29 is 9.00 Å². The third-order valence-corrected chi connectivity index (χ3v) is 4.00. The van der Waals surface area contributed by atoms with Crippen molar-refractivity contribution in [3.63, 3.8) is 0 Å². The highest BCUT2D eigenvalue weighted by Gasteiger charge is 2.15. The molecule has 1 unspecified atom stereocenters. The van der Waals surface area contributed by atoms with Gasteiger partial charge in [-0.1, -0.05) is 25.2 Å². The highest BCUT2D eigenvalue weighted by Crippen LogP contribution is 2.24. The molecule has 0 spiro atoms. The predicted molar refractivity (Wildman–Crippen MR) is 81.1 cm³/mol. The number of thiazole rings is 1. The van der Waals surface area contributed by atoms with Crippen LogP contribution in [-0.2, 0) is 10.8 Å². The van der Waals surface area contributed by atoms with Crippen molar-refractivity contribution >= 4 is 39.0 Å². The number of carbonyl (C=O) groups is 1. The van der Waals surface area contributed by atoms with Crippen molar-refractivity contribution in [1.82, 2.24) is 10.3 Å². The summed E-state index contributed by atoms with van der Waals surface area (Å²) in [5.41, 5.74) is 5.72. The number of nitrogens with one attached hydrogen (secondary N) is 2. The Bertz CT molecular complexity index is 460. The van der Waals surface area contributed by atoms with E-state index in [0.29, 0.717) is 28.2 Å². The minimum atomic E-state index is -0.917. The molecule has 1 heterocycles. The SMILES string of the molecule is CC(C)CNc1nc(N)c(C(=O)NCCS(C)=O)s1. The maximum Gasteiger partial charge on any atom is 0.265 e. The predicted octanol–water partition coefficient (Wildman–Crippen LogP) is 0.902. The van der Waals surface area contributed by atoms with Crippen LogP contribution in [0.15, 0.2) is 0 Å². The molecule has 1 rings (SSSR count). The van der Waals surface area contributed by atoms with Gasteiger partial charge in [-0.05, 0) is 5.92 Å². The molecular weight excluding hydrogens is 284 g/mol. The molecule has 1 aromatic rings. The largest absolute Gasteiger partial charge is 0.382 e. The first-order valence-corrected chi connectivity index (χ1v) is 8.53. The molecule has 0 bridgehead atoms. The number of amides is 1. The van der Waals surface area contributed by atoms with Gasteiger partial charge in [0, 0.05) is 35.9 Å². The number of hydrogen-bond donors (Lipinski definition) is 3. The lowest BCUT2D eigenvalue weighted by molar-refractivity contribution is 0.0961. The molecule has 1 amide bonds. The van der Waals surface area contributed by atoms with E-state index in [0.717, 1.165) is 6.54 Å². The summed E-state index contributed by atoms with van der Waals surface area (Å²) < 4.78 is 10.9. The normalized spacial score (nSPS) is 12.4. The first-order chi connectivity index (χ1) is 8.90. The molecule has 1 aromatic heterocycles. The molecule has 0 aliphatic heterocycles. The molecule has 0 fully saturated rings. The van der Waals surface area contributed by atoms with Gasteiger partial charge in [0.25, 0.3) is 5.91 Å². The van der Waals surface area contributed by atoms with Crippen molar-refractivity contribution in [2.75, 3.05) is 36.1 Å². The molecule has 4 N–H and O–H groups in total. The van der Waals surface area contributed by atoms with Gasteiger partial charge in [-0.25, -0.2) is 4.98 Å². The average Bonchev–Trinajstić information content (AvgIpc) is 2.67. The van der Waals surface area contributed by atoms with Crippen molar-refractivity contribution in [3.05, 3.63) is 4.88 Å². The second-order valence-electron chi connectivity index (χ2n) is 4.54. The van der Waals surface area contributed by atoms with E-state index in [1.54, 1.807) is 6.26 Å². The molecule has 0 saturated heterocycles. The van der Waals surface area contributed by atoms with Gasteiger partial charge >= 0.3 is 0 Å². The minimum absolute atomic E-state index is 0.228. The van der Waals surface area contributed by atoms with Crippen LogP contribution in [0.1, 0.15) is 23.5 Å². The molecule has 108 valence electrons. The fourth-order valence-corrected chi connectivity index (χ4v) is 2.45. The number of hydrogen-bond acceptors (Lipinski definition) is 6. The Morgan fingerprint density at radius 1 is 1.53 bits per heavy atom. The Labute approximate surface area is 119 Å². The molecule has 0 aliphatic rings. The summed E-state index contributed by atoms with van der Waals surface area (Å²) in [6, 6.07) is 0. The van der Waals surface area contributed by atoms with Gasteiger partial charge in [-0.2, -0.15) is 0 Å². The van der Waals surface area contributed by atoms with Crippen LogP contribution in [0, 0.1) is 5.92 Å². The molecule has 8 heteroatoms. The molecule has 0 aliphatic carbocycles. The first kappa shape index (κ1) is 15.9. The average molecular weight is 304 g/mol. The summed E-state index contributed by atoms with van der Waals surface area (Å²) in [6.45, 7) is 5.32. The van der Waals surface area contributed by atoms with E-state index in [2.05, 4.69) is 29.5 Å². The van der Waals surface area contributed by atoms with Crippen LogP contribution in [0.2, 0.25) is 0 Å². The molecular formula is C11H20N4O2S2. The number of carbonyl (C=O) groups excluding carboxylic acids is 1. The van der Waals surface area contributed by atoms with E-state index in [9.17, 15) is 9.00 Å². The van der Waals surface area contributed by atoms with E-state index < -0.39 is 10.8 Å². The molecule has 0 radical (unpaired) electrons. The number of nitrogen functional groups attached to an aromatic ring is 1. The number of nitrogens with zero attached hydrogens (tertiary/aromatic N) is 1. The summed E-state index contributed by atoms with van der Waals surface area (Å²) in [7, 11) is -0.917. The van der Waals surface area contributed by atoms with Crippen molar-refractivity contribution in [2.24, 2.45) is 5.92 Å². The van der Waals surface area contributed by atoms with Crippen molar-refractivity contribution in [2.45, 2.75) is 13.8 Å². The summed E-state index contributed by atoms with van der Waals surface area (Å²) in [5.74, 6) is 0.884. The smallest absolute Gasteiger partial charge is 0.265 e. The molecule has 6 nitrogen and oxygen atoms in total. The van der Waals surface area contributed by atoms with Gasteiger partial charge in [0.15, 0.2) is 5.13 Å². The van der Waals surface area contributed by atoms with Crippen LogP contribution in [0.5, 0.6) is 0 Å². The maximum absolute atomic E-state index is 11.9. The summed E-state index contributed by atoms with van der Waals surface area (Å²) in [5, 5.41) is 6.46. The van der Waals surface area contributed by atoms with Crippen LogP contribution in [0.25, 0.3) is 0 Å². The van der Waals surface area contributed by atoms with Crippen molar-refractivity contribution in [1.29, 1.82) is 0 Å². The molecule has 0 saturated carbocycles. The topological polar surface area (TPSA) is 97.1 Å². The van der Waals surface area contributed by atoms with Crippen LogP contribution >= 0.6 is 11.3 Å². The van der Waals surface area contributed by atoms with Gasteiger partial charge < -0.3 is 16.4 Å². The fourth-order valence-electron chi connectivity index (χ4n) is 1.25.